The third-order valence-corrected chi connectivity index (χ3v) is 2.55. The van der Waals surface area contributed by atoms with Crippen LogP contribution >= 0.6 is 0 Å². The molecule has 0 bridgehead atoms. The van der Waals surface area contributed by atoms with E-state index in [4.69, 9.17) is 0 Å². The van der Waals surface area contributed by atoms with Gasteiger partial charge >= 0.3 is 6.03 Å². The lowest BCUT2D eigenvalue weighted by Crippen LogP contribution is -2.27. The topological polar surface area (TPSA) is 118 Å². The first kappa shape index (κ1) is 15.4. The van der Waals surface area contributed by atoms with Crippen molar-refractivity contribution in [1.82, 2.24) is 29.9 Å². The SMILES string of the molecule is Cc1ncc(NC(=O)Cn2cc(NC(=O)N(C)C)nn2)cn1. The van der Waals surface area contributed by atoms with Crippen LogP contribution in [0.5, 0.6) is 0 Å². The predicted octanol–water partition coefficient (Wildman–Crippen LogP) is 0.109. The molecule has 2 N–H and O–H groups in total. The van der Waals surface area contributed by atoms with E-state index in [0.717, 1.165) is 0 Å². The number of aryl methyl sites for hydroxylation is 1. The van der Waals surface area contributed by atoms with E-state index in [0.29, 0.717) is 11.5 Å². The van der Waals surface area contributed by atoms with Gasteiger partial charge in [0.05, 0.1) is 24.3 Å². The molecule has 0 aliphatic heterocycles. The summed E-state index contributed by atoms with van der Waals surface area (Å²) < 4.78 is 1.32. The molecule has 2 aromatic rings. The quantitative estimate of drug-likeness (QED) is 0.827. The van der Waals surface area contributed by atoms with E-state index < -0.39 is 0 Å². The van der Waals surface area contributed by atoms with Crippen LogP contribution in [-0.4, -0.2) is 55.9 Å². The van der Waals surface area contributed by atoms with Crippen molar-refractivity contribution in [3.63, 3.8) is 0 Å². The Morgan fingerprint density at radius 1 is 1.23 bits per heavy atom. The lowest BCUT2D eigenvalue weighted by Gasteiger charge is -2.09. The van der Waals surface area contributed by atoms with Crippen LogP contribution in [0.4, 0.5) is 16.3 Å². The van der Waals surface area contributed by atoms with Gasteiger partial charge in [-0.3, -0.25) is 10.1 Å². The Kier molecular flexibility index (Phi) is 4.61. The van der Waals surface area contributed by atoms with E-state index in [1.165, 1.54) is 28.2 Å². The molecule has 0 aliphatic carbocycles. The van der Waals surface area contributed by atoms with E-state index >= 15 is 0 Å². The van der Waals surface area contributed by atoms with Crippen LogP contribution in [0.1, 0.15) is 5.82 Å². The Labute approximate surface area is 126 Å². The fourth-order valence-electron chi connectivity index (χ4n) is 1.46. The van der Waals surface area contributed by atoms with Crippen molar-refractivity contribution in [2.45, 2.75) is 13.5 Å². The number of rotatable bonds is 4. The number of carbonyl (C=O) groups excluding carboxylic acids is 2. The van der Waals surface area contributed by atoms with Gasteiger partial charge in [0.15, 0.2) is 5.82 Å². The highest BCUT2D eigenvalue weighted by Gasteiger charge is 2.10. The minimum atomic E-state index is -0.326. The number of urea groups is 1. The smallest absolute Gasteiger partial charge is 0.322 e. The number of nitrogens with zero attached hydrogens (tertiary/aromatic N) is 6. The third kappa shape index (κ3) is 4.23. The normalized spacial score (nSPS) is 10.1. The molecule has 0 aliphatic rings. The Morgan fingerprint density at radius 3 is 2.55 bits per heavy atom. The highest BCUT2D eigenvalue weighted by Crippen LogP contribution is 2.04. The maximum absolute atomic E-state index is 11.9. The third-order valence-electron chi connectivity index (χ3n) is 2.55. The van der Waals surface area contributed by atoms with Gasteiger partial charge in [-0.2, -0.15) is 0 Å². The van der Waals surface area contributed by atoms with Gasteiger partial charge in [0.1, 0.15) is 12.4 Å². The van der Waals surface area contributed by atoms with Crippen molar-refractivity contribution >= 4 is 23.4 Å². The zero-order chi connectivity index (χ0) is 16.1. The molecule has 116 valence electrons. The zero-order valence-electron chi connectivity index (χ0n) is 12.4. The maximum atomic E-state index is 11.9. The number of nitrogens with one attached hydrogen (secondary N) is 2. The number of anilines is 2. The number of hydrogen-bond acceptors (Lipinski definition) is 6. The second kappa shape index (κ2) is 6.61. The highest BCUT2D eigenvalue weighted by molar-refractivity contribution is 5.90. The van der Waals surface area contributed by atoms with Crippen molar-refractivity contribution in [2.24, 2.45) is 0 Å². The van der Waals surface area contributed by atoms with Gasteiger partial charge in [0.2, 0.25) is 5.91 Å². The highest BCUT2D eigenvalue weighted by atomic mass is 16.2. The molecule has 2 rings (SSSR count). The van der Waals surface area contributed by atoms with E-state index in [1.54, 1.807) is 21.0 Å². The molecule has 0 unspecified atom stereocenters. The molecular weight excluding hydrogens is 288 g/mol. The van der Waals surface area contributed by atoms with Gasteiger partial charge in [-0.25, -0.2) is 19.4 Å². The van der Waals surface area contributed by atoms with E-state index in [-0.39, 0.29) is 24.3 Å². The van der Waals surface area contributed by atoms with Gasteiger partial charge in [-0.05, 0) is 6.92 Å². The van der Waals surface area contributed by atoms with E-state index in [2.05, 4.69) is 30.9 Å². The van der Waals surface area contributed by atoms with Crippen molar-refractivity contribution < 1.29 is 9.59 Å². The first-order chi connectivity index (χ1) is 10.4. The van der Waals surface area contributed by atoms with Crippen LogP contribution in [0, 0.1) is 6.92 Å². The first-order valence-corrected chi connectivity index (χ1v) is 6.41. The molecule has 2 aromatic heterocycles. The molecule has 2 heterocycles. The number of carbonyl (C=O) groups is 2. The summed E-state index contributed by atoms with van der Waals surface area (Å²) in [5.74, 6) is 0.587. The van der Waals surface area contributed by atoms with Crippen LogP contribution in [-0.2, 0) is 11.3 Å². The zero-order valence-corrected chi connectivity index (χ0v) is 12.4. The number of amides is 3. The van der Waals surface area contributed by atoms with Crippen LogP contribution < -0.4 is 10.6 Å². The standard InChI is InChI=1S/C12H16N8O2/c1-8-13-4-9(5-14-8)15-11(21)7-20-6-10(17-18-20)16-12(22)19(2)3/h4-6H,7H2,1-3H3,(H,15,21)(H,16,22). The maximum Gasteiger partial charge on any atom is 0.322 e. The monoisotopic (exact) mass is 304 g/mol. The predicted molar refractivity (Wildman–Crippen MR) is 78.1 cm³/mol. The average Bonchev–Trinajstić information content (AvgIpc) is 2.88. The molecule has 0 saturated carbocycles. The summed E-state index contributed by atoms with van der Waals surface area (Å²) in [4.78, 5) is 32.6. The molecule has 0 saturated heterocycles. The lowest BCUT2D eigenvalue weighted by molar-refractivity contribution is -0.116. The average molecular weight is 304 g/mol. The lowest BCUT2D eigenvalue weighted by atomic mass is 10.4. The largest absolute Gasteiger partial charge is 0.331 e. The van der Waals surface area contributed by atoms with E-state index in [9.17, 15) is 9.59 Å². The summed E-state index contributed by atoms with van der Waals surface area (Å²) in [5, 5.41) is 12.7. The summed E-state index contributed by atoms with van der Waals surface area (Å²) in [5.41, 5.74) is 0.497. The van der Waals surface area contributed by atoms with Gasteiger partial charge in [0, 0.05) is 14.1 Å². The Balaban J connectivity index is 1.90. The van der Waals surface area contributed by atoms with Crippen molar-refractivity contribution in [3.8, 4) is 0 Å². The molecule has 10 heteroatoms. The molecule has 0 aromatic carbocycles. The van der Waals surface area contributed by atoms with Crippen molar-refractivity contribution in [1.29, 1.82) is 0 Å². The van der Waals surface area contributed by atoms with Crippen LogP contribution in [0.2, 0.25) is 0 Å². The molecule has 22 heavy (non-hydrogen) atoms. The summed E-state index contributed by atoms with van der Waals surface area (Å²) in [6.07, 6.45) is 4.50. The van der Waals surface area contributed by atoms with Gasteiger partial charge in [-0.15, -0.1) is 5.10 Å². The molecule has 0 radical (unpaired) electrons. The first-order valence-electron chi connectivity index (χ1n) is 6.41. The number of hydrogen-bond donors (Lipinski definition) is 2. The van der Waals surface area contributed by atoms with Crippen molar-refractivity contribution in [2.75, 3.05) is 24.7 Å². The second-order valence-corrected chi connectivity index (χ2v) is 4.69. The summed E-state index contributed by atoms with van der Waals surface area (Å²) in [7, 11) is 3.22. The number of aromatic nitrogens is 5. The fraction of sp³-hybridized carbons (Fsp3) is 0.333. The fourth-order valence-corrected chi connectivity index (χ4v) is 1.46. The minimum absolute atomic E-state index is 0.0429. The minimum Gasteiger partial charge on any atom is -0.331 e. The summed E-state index contributed by atoms with van der Waals surface area (Å²) in [6, 6.07) is -0.326. The van der Waals surface area contributed by atoms with Crippen LogP contribution in [0.3, 0.4) is 0 Å². The Hall–Kier alpha value is -3.04. The van der Waals surface area contributed by atoms with Crippen LogP contribution in [0.15, 0.2) is 18.6 Å². The Bertz CT molecular complexity index is 664. The molecule has 0 fully saturated rings. The Morgan fingerprint density at radius 2 is 1.91 bits per heavy atom. The van der Waals surface area contributed by atoms with E-state index in [1.807, 2.05) is 0 Å². The van der Waals surface area contributed by atoms with Gasteiger partial charge in [0.25, 0.3) is 0 Å². The summed E-state index contributed by atoms with van der Waals surface area (Å²) >= 11 is 0. The molecule has 10 nitrogen and oxygen atoms in total. The molecular formula is C12H16N8O2. The molecule has 0 atom stereocenters. The second-order valence-electron chi connectivity index (χ2n) is 4.69. The summed E-state index contributed by atoms with van der Waals surface area (Å²) in [6.45, 7) is 1.71. The van der Waals surface area contributed by atoms with Gasteiger partial charge in [-0.1, -0.05) is 5.21 Å². The van der Waals surface area contributed by atoms with Gasteiger partial charge < -0.3 is 10.2 Å². The van der Waals surface area contributed by atoms with Crippen molar-refractivity contribution in [3.05, 3.63) is 24.4 Å². The molecule has 3 amide bonds. The van der Waals surface area contributed by atoms with Crippen LogP contribution in [0.25, 0.3) is 0 Å². The molecule has 0 spiro atoms.